The van der Waals surface area contributed by atoms with Crippen molar-refractivity contribution >= 4 is 0 Å². The van der Waals surface area contributed by atoms with Crippen LogP contribution in [0.5, 0.6) is 0 Å². The SMILES string of the molecule is COC([O-])c1ccc([C@H]2C[C@@]3(C)[C@@H](CC[C@@]34CO4)[C@@H]3CC[C@@]4(O)CC(OC)(OC)CCC4=C32)cc1. The first kappa shape index (κ1) is 24.1. The zero-order chi connectivity index (χ0) is 24.6. The molecule has 7 atom stereocenters. The Morgan fingerprint density at radius 2 is 1.77 bits per heavy atom. The molecule has 1 saturated heterocycles. The van der Waals surface area contributed by atoms with Crippen LogP contribution in [-0.2, 0) is 18.9 Å². The molecule has 6 nitrogen and oxygen atoms in total. The second kappa shape index (κ2) is 8.11. The zero-order valence-electron chi connectivity index (χ0n) is 21.5. The second-order valence-corrected chi connectivity index (χ2v) is 11.9. The Morgan fingerprint density at radius 1 is 1.06 bits per heavy atom. The number of hydrogen-bond donors (Lipinski definition) is 1. The molecule has 4 aliphatic carbocycles. The standard InChI is InChI=1S/C29H39O6/c1-26-15-21(18-5-7-19(8-6-18)25(30)32-2)24-20(22(26)10-13-28(26)17-35-28)9-12-27(31)16-29(33-3,34-4)14-11-23(24)27/h5-8,20-22,25,31H,9-17H2,1-4H3/q-1/t20-,21+,22-,25?,26-,27+,28+/m0/s1. The van der Waals surface area contributed by atoms with Crippen molar-refractivity contribution < 1.29 is 29.2 Å². The maximum absolute atomic E-state index is 12.1. The molecule has 1 N–H and O–H groups in total. The molecule has 1 heterocycles. The molecule has 1 aliphatic heterocycles. The smallest absolute Gasteiger partial charge is 0.170 e. The highest BCUT2D eigenvalue weighted by Gasteiger charge is 2.70. The van der Waals surface area contributed by atoms with E-state index < -0.39 is 17.7 Å². The summed E-state index contributed by atoms with van der Waals surface area (Å²) in [6.45, 7) is 3.34. The minimum Gasteiger partial charge on any atom is -0.828 e. The monoisotopic (exact) mass is 483 g/mol. The highest BCUT2D eigenvalue weighted by atomic mass is 16.7. The maximum atomic E-state index is 12.1. The Morgan fingerprint density at radius 3 is 2.40 bits per heavy atom. The Bertz CT molecular complexity index is 1010. The number of methoxy groups -OCH3 is 3. The van der Waals surface area contributed by atoms with Crippen molar-refractivity contribution in [1.82, 2.24) is 0 Å². The average Bonchev–Trinajstić information content (AvgIpc) is 3.62. The van der Waals surface area contributed by atoms with Crippen molar-refractivity contribution in [3.05, 3.63) is 46.5 Å². The van der Waals surface area contributed by atoms with Crippen LogP contribution in [0.25, 0.3) is 0 Å². The predicted molar refractivity (Wildman–Crippen MR) is 128 cm³/mol. The van der Waals surface area contributed by atoms with E-state index in [9.17, 15) is 10.2 Å². The Labute approximate surface area is 208 Å². The fourth-order valence-electron chi connectivity index (χ4n) is 8.66. The predicted octanol–water partition coefficient (Wildman–Crippen LogP) is 3.98. The normalized spacial score (nSPS) is 42.4. The van der Waals surface area contributed by atoms with E-state index in [2.05, 4.69) is 19.1 Å². The summed E-state index contributed by atoms with van der Waals surface area (Å²) in [5, 5.41) is 24.2. The van der Waals surface area contributed by atoms with Crippen LogP contribution in [0.3, 0.4) is 0 Å². The van der Waals surface area contributed by atoms with Crippen LogP contribution in [0.4, 0.5) is 0 Å². The van der Waals surface area contributed by atoms with Crippen LogP contribution in [0, 0.1) is 17.3 Å². The summed E-state index contributed by atoms with van der Waals surface area (Å²) in [6.07, 6.45) is 5.95. The lowest BCUT2D eigenvalue weighted by molar-refractivity contribution is -0.495. The first-order chi connectivity index (χ1) is 16.7. The summed E-state index contributed by atoms with van der Waals surface area (Å²) in [4.78, 5) is 0. The van der Waals surface area contributed by atoms with Crippen molar-refractivity contribution in [2.24, 2.45) is 17.3 Å². The van der Waals surface area contributed by atoms with Gasteiger partial charge in [-0.1, -0.05) is 36.8 Å². The minimum atomic E-state index is -1.17. The summed E-state index contributed by atoms with van der Waals surface area (Å²) >= 11 is 0. The summed E-state index contributed by atoms with van der Waals surface area (Å²) in [7, 11) is 4.82. The van der Waals surface area contributed by atoms with Crippen LogP contribution in [0.15, 0.2) is 35.4 Å². The summed E-state index contributed by atoms with van der Waals surface area (Å²) in [5.41, 5.74) is 3.83. The highest BCUT2D eigenvalue weighted by Crippen LogP contribution is 2.71. The van der Waals surface area contributed by atoms with E-state index in [1.807, 2.05) is 12.1 Å². The minimum absolute atomic E-state index is 0.0315. The maximum Gasteiger partial charge on any atom is 0.170 e. The van der Waals surface area contributed by atoms with Crippen LogP contribution in [-0.4, -0.2) is 50.0 Å². The van der Waals surface area contributed by atoms with E-state index in [0.717, 1.165) is 45.1 Å². The lowest BCUT2D eigenvalue weighted by Gasteiger charge is -2.56. The van der Waals surface area contributed by atoms with Gasteiger partial charge < -0.3 is 29.2 Å². The molecule has 1 aromatic carbocycles. The second-order valence-electron chi connectivity index (χ2n) is 11.9. The molecule has 0 amide bonds. The zero-order valence-corrected chi connectivity index (χ0v) is 21.5. The lowest BCUT2D eigenvalue weighted by atomic mass is 9.50. The van der Waals surface area contributed by atoms with E-state index in [4.69, 9.17) is 18.9 Å². The van der Waals surface area contributed by atoms with Crippen LogP contribution in [0.1, 0.15) is 81.6 Å². The largest absolute Gasteiger partial charge is 0.828 e. The van der Waals surface area contributed by atoms with Gasteiger partial charge in [-0.05, 0) is 67.1 Å². The van der Waals surface area contributed by atoms with E-state index in [1.54, 1.807) is 14.2 Å². The third-order valence-corrected chi connectivity index (χ3v) is 10.8. The Balaban J connectivity index is 1.46. The molecular weight excluding hydrogens is 444 g/mol. The number of ether oxygens (including phenoxy) is 4. The molecule has 3 saturated carbocycles. The third kappa shape index (κ3) is 3.37. The molecule has 6 rings (SSSR count). The Hall–Kier alpha value is -1.28. The van der Waals surface area contributed by atoms with Gasteiger partial charge in [0.25, 0.3) is 0 Å². The number of allylic oxidation sites excluding steroid dienone is 1. The molecule has 0 bridgehead atoms. The fraction of sp³-hybridized carbons (Fsp3) is 0.724. The van der Waals surface area contributed by atoms with Crippen molar-refractivity contribution in [2.75, 3.05) is 27.9 Å². The number of fused-ring (bicyclic) bond motifs is 5. The molecule has 5 aliphatic rings. The van der Waals surface area contributed by atoms with Crippen molar-refractivity contribution in [2.45, 2.75) is 87.5 Å². The van der Waals surface area contributed by atoms with E-state index in [1.165, 1.54) is 30.2 Å². The van der Waals surface area contributed by atoms with E-state index in [-0.39, 0.29) is 16.9 Å². The van der Waals surface area contributed by atoms with Gasteiger partial charge in [-0.15, -0.1) is 0 Å². The van der Waals surface area contributed by atoms with Gasteiger partial charge in [-0.2, -0.15) is 0 Å². The van der Waals surface area contributed by atoms with Gasteiger partial charge in [0.15, 0.2) is 5.79 Å². The van der Waals surface area contributed by atoms with Gasteiger partial charge >= 0.3 is 0 Å². The summed E-state index contributed by atoms with van der Waals surface area (Å²) in [5.74, 6) is 0.528. The van der Waals surface area contributed by atoms with E-state index in [0.29, 0.717) is 23.8 Å². The number of benzene rings is 1. The van der Waals surface area contributed by atoms with Crippen LogP contribution >= 0.6 is 0 Å². The van der Waals surface area contributed by atoms with Crippen LogP contribution < -0.4 is 5.11 Å². The number of epoxide rings is 1. The van der Waals surface area contributed by atoms with Crippen LogP contribution in [0.2, 0.25) is 0 Å². The molecule has 1 aromatic rings. The van der Waals surface area contributed by atoms with Crippen molar-refractivity contribution in [1.29, 1.82) is 0 Å². The van der Waals surface area contributed by atoms with Gasteiger partial charge in [0.05, 0.1) is 17.8 Å². The molecule has 35 heavy (non-hydrogen) atoms. The van der Waals surface area contributed by atoms with Gasteiger partial charge in [0.1, 0.15) is 0 Å². The molecule has 1 spiro atoms. The molecule has 6 heteroatoms. The summed E-state index contributed by atoms with van der Waals surface area (Å²) in [6, 6.07) is 8.05. The van der Waals surface area contributed by atoms with Gasteiger partial charge in [0.2, 0.25) is 0 Å². The van der Waals surface area contributed by atoms with Gasteiger partial charge in [-0.3, -0.25) is 0 Å². The number of rotatable bonds is 5. The quantitative estimate of drug-likeness (QED) is 0.388. The average molecular weight is 484 g/mol. The van der Waals surface area contributed by atoms with E-state index >= 15 is 0 Å². The first-order valence-corrected chi connectivity index (χ1v) is 13.2. The first-order valence-electron chi connectivity index (χ1n) is 13.2. The molecule has 0 radical (unpaired) electrons. The Kier molecular flexibility index (Phi) is 5.58. The lowest BCUT2D eigenvalue weighted by Crippen LogP contribution is -2.54. The molecule has 0 aromatic heterocycles. The number of hydrogen-bond acceptors (Lipinski definition) is 6. The molecule has 4 fully saturated rings. The topological polar surface area (TPSA) is 83.5 Å². The fourth-order valence-corrected chi connectivity index (χ4v) is 8.66. The summed E-state index contributed by atoms with van der Waals surface area (Å²) < 4.78 is 22.8. The van der Waals surface area contributed by atoms with Gasteiger partial charge in [0, 0.05) is 51.8 Å². The van der Waals surface area contributed by atoms with Crippen molar-refractivity contribution in [3.63, 3.8) is 0 Å². The third-order valence-electron chi connectivity index (χ3n) is 10.8. The highest BCUT2D eigenvalue weighted by molar-refractivity contribution is 5.44. The number of aliphatic hydroxyl groups is 1. The molecular formula is C29H39O6-. The molecule has 192 valence electrons. The molecule has 1 unspecified atom stereocenters. The van der Waals surface area contributed by atoms with Crippen molar-refractivity contribution in [3.8, 4) is 0 Å². The van der Waals surface area contributed by atoms with Gasteiger partial charge in [-0.25, -0.2) is 0 Å².